The number of anilines is 1. The van der Waals surface area contributed by atoms with E-state index < -0.39 is 0 Å². The normalized spacial score (nSPS) is 14.1. The monoisotopic (exact) mass is 251 g/mol. The van der Waals surface area contributed by atoms with Crippen LogP contribution in [0.2, 0.25) is 0 Å². The van der Waals surface area contributed by atoms with Gasteiger partial charge in [-0.3, -0.25) is 4.79 Å². The molecule has 17 heavy (non-hydrogen) atoms. The molecule has 1 N–H and O–H groups in total. The molecule has 0 bridgehead atoms. The van der Waals surface area contributed by atoms with Gasteiger partial charge in [0.05, 0.1) is 6.61 Å². The predicted octanol–water partition coefficient (Wildman–Crippen LogP) is 2.66. The quantitative estimate of drug-likeness (QED) is 0.623. The van der Waals surface area contributed by atoms with Crippen LogP contribution in [0, 0.1) is 0 Å². The smallest absolute Gasteiger partial charge is 0.224 e. The highest BCUT2D eigenvalue weighted by Gasteiger charge is 2.17. The van der Waals surface area contributed by atoms with E-state index in [2.05, 4.69) is 17.9 Å². The maximum absolute atomic E-state index is 11.3. The summed E-state index contributed by atoms with van der Waals surface area (Å²) in [6.07, 6.45) is 3.39. The van der Waals surface area contributed by atoms with Crippen molar-refractivity contribution in [3.8, 4) is 5.75 Å². The summed E-state index contributed by atoms with van der Waals surface area (Å²) >= 11 is 4.17. The van der Waals surface area contributed by atoms with Crippen LogP contribution in [-0.4, -0.2) is 18.3 Å². The van der Waals surface area contributed by atoms with Gasteiger partial charge in [-0.2, -0.15) is 12.6 Å². The molecule has 1 aromatic rings. The van der Waals surface area contributed by atoms with Crippen LogP contribution < -0.4 is 10.1 Å². The molecule has 3 nitrogen and oxygen atoms in total. The molecule has 0 fully saturated rings. The van der Waals surface area contributed by atoms with Gasteiger partial charge in [0.15, 0.2) is 0 Å². The van der Waals surface area contributed by atoms with Crippen molar-refractivity contribution in [2.75, 3.05) is 17.7 Å². The first-order chi connectivity index (χ1) is 8.31. The summed E-state index contributed by atoms with van der Waals surface area (Å²) < 4.78 is 5.76. The zero-order chi connectivity index (χ0) is 12.1. The lowest BCUT2D eigenvalue weighted by Crippen LogP contribution is -2.19. The summed E-state index contributed by atoms with van der Waals surface area (Å²) in [6.45, 7) is 0.713. The Morgan fingerprint density at radius 3 is 3.00 bits per heavy atom. The van der Waals surface area contributed by atoms with E-state index in [1.165, 1.54) is 0 Å². The van der Waals surface area contributed by atoms with Crippen LogP contribution in [0.4, 0.5) is 5.69 Å². The van der Waals surface area contributed by atoms with E-state index in [1.54, 1.807) is 0 Å². The zero-order valence-corrected chi connectivity index (χ0v) is 10.6. The summed E-state index contributed by atoms with van der Waals surface area (Å²) in [5.41, 5.74) is 2.02. The van der Waals surface area contributed by atoms with Crippen LogP contribution in [0.1, 0.15) is 24.8 Å². The van der Waals surface area contributed by atoms with Gasteiger partial charge in [0.25, 0.3) is 0 Å². The standard InChI is InChI=1S/C13H17NO2S/c15-13-7-6-10-11(14-13)4-3-5-12(10)16-8-1-2-9-17/h3-5,17H,1-2,6-9H2,(H,14,15). The van der Waals surface area contributed by atoms with Crippen molar-refractivity contribution in [2.24, 2.45) is 0 Å². The molecule has 0 unspecified atom stereocenters. The van der Waals surface area contributed by atoms with Crippen molar-refractivity contribution in [1.82, 2.24) is 0 Å². The number of hydrogen-bond donors (Lipinski definition) is 2. The number of rotatable bonds is 5. The number of unbranched alkanes of at least 4 members (excludes halogenated alkanes) is 1. The fourth-order valence-electron chi connectivity index (χ4n) is 1.92. The van der Waals surface area contributed by atoms with Gasteiger partial charge in [-0.05, 0) is 37.1 Å². The summed E-state index contributed by atoms with van der Waals surface area (Å²) in [4.78, 5) is 11.3. The second kappa shape index (κ2) is 5.96. The Labute approximate surface area is 107 Å². The van der Waals surface area contributed by atoms with Gasteiger partial charge in [0.1, 0.15) is 5.75 Å². The molecule has 1 aliphatic heterocycles. The largest absolute Gasteiger partial charge is 0.493 e. The topological polar surface area (TPSA) is 38.3 Å². The molecule has 0 aliphatic carbocycles. The van der Waals surface area contributed by atoms with Crippen molar-refractivity contribution >= 4 is 24.2 Å². The third-order valence-corrected chi connectivity index (χ3v) is 3.14. The van der Waals surface area contributed by atoms with Gasteiger partial charge in [0, 0.05) is 17.7 Å². The number of carbonyl (C=O) groups excluding carboxylic acids is 1. The van der Waals surface area contributed by atoms with Gasteiger partial charge in [-0.1, -0.05) is 6.07 Å². The van der Waals surface area contributed by atoms with E-state index >= 15 is 0 Å². The molecule has 0 saturated heterocycles. The fourth-order valence-corrected chi connectivity index (χ4v) is 2.15. The van der Waals surface area contributed by atoms with E-state index in [0.29, 0.717) is 13.0 Å². The lowest BCUT2D eigenvalue weighted by Gasteiger charge is -2.19. The summed E-state index contributed by atoms with van der Waals surface area (Å²) in [5, 5.41) is 2.87. The first kappa shape index (κ1) is 12.3. The first-order valence-electron chi connectivity index (χ1n) is 5.96. The van der Waals surface area contributed by atoms with Crippen molar-refractivity contribution in [3.63, 3.8) is 0 Å². The molecule has 0 atom stereocenters. The number of nitrogens with one attached hydrogen (secondary N) is 1. The number of hydrogen-bond acceptors (Lipinski definition) is 3. The maximum Gasteiger partial charge on any atom is 0.224 e. The SMILES string of the molecule is O=C1CCc2c(cccc2OCCCCS)N1. The summed E-state index contributed by atoms with van der Waals surface area (Å²) in [7, 11) is 0. The maximum atomic E-state index is 11.3. The Kier molecular flexibility index (Phi) is 4.31. The number of fused-ring (bicyclic) bond motifs is 1. The van der Waals surface area contributed by atoms with Crippen molar-refractivity contribution in [1.29, 1.82) is 0 Å². The molecule has 0 spiro atoms. The first-order valence-corrected chi connectivity index (χ1v) is 6.60. The fraction of sp³-hybridized carbons (Fsp3) is 0.462. The number of thiol groups is 1. The molecule has 0 radical (unpaired) electrons. The van der Waals surface area contributed by atoms with Crippen LogP contribution in [0.3, 0.4) is 0 Å². The van der Waals surface area contributed by atoms with Gasteiger partial charge in [-0.25, -0.2) is 0 Å². The molecule has 2 rings (SSSR count). The van der Waals surface area contributed by atoms with Gasteiger partial charge < -0.3 is 10.1 Å². The Morgan fingerprint density at radius 2 is 2.18 bits per heavy atom. The molecule has 1 amide bonds. The number of amides is 1. The third kappa shape index (κ3) is 3.16. The summed E-state index contributed by atoms with van der Waals surface area (Å²) in [5.74, 6) is 1.89. The van der Waals surface area contributed by atoms with Crippen LogP contribution in [0.5, 0.6) is 5.75 Å². The van der Waals surface area contributed by atoms with Crippen LogP contribution in [0.15, 0.2) is 18.2 Å². The lowest BCUT2D eigenvalue weighted by molar-refractivity contribution is -0.116. The zero-order valence-electron chi connectivity index (χ0n) is 9.74. The molecule has 92 valence electrons. The number of carbonyl (C=O) groups is 1. The average Bonchev–Trinajstić information content (AvgIpc) is 2.34. The Morgan fingerprint density at radius 1 is 1.29 bits per heavy atom. The highest BCUT2D eigenvalue weighted by molar-refractivity contribution is 7.80. The van der Waals surface area contributed by atoms with E-state index in [-0.39, 0.29) is 5.91 Å². The third-order valence-electron chi connectivity index (χ3n) is 2.82. The molecular weight excluding hydrogens is 234 g/mol. The van der Waals surface area contributed by atoms with Crippen molar-refractivity contribution in [2.45, 2.75) is 25.7 Å². The molecule has 0 saturated carbocycles. The van der Waals surface area contributed by atoms with E-state index in [4.69, 9.17) is 4.74 Å². The van der Waals surface area contributed by atoms with Crippen molar-refractivity contribution in [3.05, 3.63) is 23.8 Å². The minimum atomic E-state index is 0.0877. The molecule has 1 aliphatic rings. The Bertz CT molecular complexity index is 406. The van der Waals surface area contributed by atoms with Gasteiger partial charge in [0.2, 0.25) is 5.91 Å². The predicted molar refractivity (Wildman–Crippen MR) is 72.0 cm³/mol. The molecule has 0 aromatic heterocycles. The minimum absolute atomic E-state index is 0.0877. The van der Waals surface area contributed by atoms with Gasteiger partial charge in [-0.15, -0.1) is 0 Å². The van der Waals surface area contributed by atoms with Crippen LogP contribution in [0.25, 0.3) is 0 Å². The van der Waals surface area contributed by atoms with Crippen LogP contribution >= 0.6 is 12.6 Å². The number of benzene rings is 1. The van der Waals surface area contributed by atoms with Crippen molar-refractivity contribution < 1.29 is 9.53 Å². The Balaban J connectivity index is 2.02. The highest BCUT2D eigenvalue weighted by Crippen LogP contribution is 2.31. The molecule has 4 heteroatoms. The molecule has 1 heterocycles. The second-order valence-electron chi connectivity index (χ2n) is 4.11. The van der Waals surface area contributed by atoms with E-state index in [0.717, 1.165) is 42.0 Å². The average molecular weight is 251 g/mol. The molecule has 1 aromatic carbocycles. The minimum Gasteiger partial charge on any atom is -0.493 e. The highest BCUT2D eigenvalue weighted by atomic mass is 32.1. The van der Waals surface area contributed by atoms with Crippen LogP contribution in [-0.2, 0) is 11.2 Å². The number of ether oxygens (including phenoxy) is 1. The molecular formula is C13H17NO2S. The van der Waals surface area contributed by atoms with E-state index in [1.807, 2.05) is 18.2 Å². The van der Waals surface area contributed by atoms with E-state index in [9.17, 15) is 4.79 Å². The lowest BCUT2D eigenvalue weighted by atomic mass is 10.0. The summed E-state index contributed by atoms with van der Waals surface area (Å²) in [6, 6.07) is 5.81. The Hall–Kier alpha value is -1.16. The van der Waals surface area contributed by atoms with Gasteiger partial charge >= 0.3 is 0 Å². The second-order valence-corrected chi connectivity index (χ2v) is 4.56.